The van der Waals surface area contributed by atoms with E-state index in [9.17, 15) is 4.79 Å². The molecule has 0 bridgehead atoms. The molecule has 1 aliphatic rings. The Labute approximate surface area is 159 Å². The molecule has 1 heterocycles. The molecule has 1 amide bonds. The maximum absolute atomic E-state index is 12.0. The predicted octanol–water partition coefficient (Wildman–Crippen LogP) is 4.18. The summed E-state index contributed by atoms with van der Waals surface area (Å²) in [6, 6.07) is 27.8. The Balaban J connectivity index is 1.57. The minimum Gasteiger partial charge on any atom is -0.457 e. The molecule has 0 aliphatic carbocycles. The lowest BCUT2D eigenvalue weighted by Crippen LogP contribution is -2.29. The maximum Gasteiger partial charge on any atom is 0.223 e. The van der Waals surface area contributed by atoms with Gasteiger partial charge in [-0.15, -0.1) is 0 Å². The van der Waals surface area contributed by atoms with Gasteiger partial charge in [-0.2, -0.15) is 0 Å². The van der Waals surface area contributed by atoms with Crippen LogP contribution in [0.15, 0.2) is 84.9 Å². The summed E-state index contributed by atoms with van der Waals surface area (Å²) in [6.07, 6.45) is 0. The van der Waals surface area contributed by atoms with E-state index in [0.717, 1.165) is 29.3 Å². The van der Waals surface area contributed by atoms with Crippen LogP contribution in [-0.2, 0) is 4.79 Å². The molecule has 3 aromatic carbocycles. The van der Waals surface area contributed by atoms with Gasteiger partial charge in [0.05, 0.1) is 5.92 Å². The van der Waals surface area contributed by atoms with Crippen LogP contribution in [0.1, 0.15) is 11.5 Å². The van der Waals surface area contributed by atoms with E-state index in [-0.39, 0.29) is 17.7 Å². The van der Waals surface area contributed by atoms with Crippen molar-refractivity contribution in [2.24, 2.45) is 11.7 Å². The van der Waals surface area contributed by atoms with Crippen LogP contribution >= 0.6 is 0 Å². The highest BCUT2D eigenvalue weighted by molar-refractivity contribution is 5.80. The summed E-state index contributed by atoms with van der Waals surface area (Å²) >= 11 is 0. The summed E-state index contributed by atoms with van der Waals surface area (Å²) in [5.74, 6) is 1.22. The second kappa shape index (κ2) is 7.54. The van der Waals surface area contributed by atoms with Crippen molar-refractivity contribution in [1.82, 2.24) is 0 Å². The van der Waals surface area contributed by atoms with E-state index in [1.54, 1.807) is 0 Å². The summed E-state index contributed by atoms with van der Waals surface area (Å²) in [5.41, 5.74) is 7.90. The van der Waals surface area contributed by atoms with Crippen LogP contribution < -0.4 is 15.4 Å². The lowest BCUT2D eigenvalue weighted by atomic mass is 9.89. The molecule has 0 saturated carbocycles. The van der Waals surface area contributed by atoms with Crippen LogP contribution in [0.3, 0.4) is 0 Å². The van der Waals surface area contributed by atoms with Gasteiger partial charge in [0.2, 0.25) is 5.91 Å². The van der Waals surface area contributed by atoms with Gasteiger partial charge in [-0.1, -0.05) is 54.6 Å². The molecule has 0 radical (unpaired) electrons. The Morgan fingerprint density at radius 3 is 2.22 bits per heavy atom. The number of hydrogen-bond donors (Lipinski definition) is 1. The summed E-state index contributed by atoms with van der Waals surface area (Å²) < 4.78 is 5.95. The van der Waals surface area contributed by atoms with E-state index in [1.165, 1.54) is 0 Å². The highest BCUT2D eigenvalue weighted by Gasteiger charge is 2.37. The third kappa shape index (κ3) is 3.80. The van der Waals surface area contributed by atoms with Gasteiger partial charge in [0, 0.05) is 30.8 Å². The van der Waals surface area contributed by atoms with Gasteiger partial charge in [0.15, 0.2) is 0 Å². The zero-order valence-electron chi connectivity index (χ0n) is 15.0. The van der Waals surface area contributed by atoms with Crippen LogP contribution in [0.2, 0.25) is 0 Å². The van der Waals surface area contributed by atoms with Gasteiger partial charge in [0.25, 0.3) is 0 Å². The lowest BCUT2D eigenvalue weighted by molar-refractivity contribution is -0.121. The second-order valence-corrected chi connectivity index (χ2v) is 6.84. The highest BCUT2D eigenvalue weighted by atomic mass is 16.5. The van der Waals surface area contributed by atoms with Crippen molar-refractivity contribution in [3.63, 3.8) is 0 Å². The highest BCUT2D eigenvalue weighted by Crippen LogP contribution is 2.36. The van der Waals surface area contributed by atoms with Crippen molar-refractivity contribution in [3.8, 4) is 11.5 Å². The van der Waals surface area contributed by atoms with E-state index in [0.29, 0.717) is 6.54 Å². The molecule has 1 fully saturated rings. The first-order chi connectivity index (χ1) is 13.2. The normalized spacial score (nSPS) is 19.0. The van der Waals surface area contributed by atoms with Crippen molar-refractivity contribution in [2.45, 2.75) is 5.92 Å². The Morgan fingerprint density at radius 1 is 0.852 bits per heavy atom. The van der Waals surface area contributed by atoms with Crippen molar-refractivity contribution >= 4 is 11.6 Å². The van der Waals surface area contributed by atoms with Crippen molar-refractivity contribution in [2.75, 3.05) is 18.0 Å². The number of amides is 1. The topological polar surface area (TPSA) is 55.6 Å². The molecular weight excluding hydrogens is 336 g/mol. The number of carbonyl (C=O) groups excluding carboxylic acids is 1. The minimum absolute atomic E-state index is 0.0994. The zero-order valence-corrected chi connectivity index (χ0v) is 15.0. The van der Waals surface area contributed by atoms with Gasteiger partial charge >= 0.3 is 0 Å². The molecule has 4 heteroatoms. The standard InChI is InChI=1S/C23H22N2O2/c24-23(26)22-16-25(15-21(22)17-8-3-1-4-9-17)18-10-7-13-20(14-18)27-19-11-5-2-6-12-19/h1-14,21-22H,15-16H2,(H2,24,26). The van der Waals surface area contributed by atoms with E-state index in [1.807, 2.05) is 72.8 Å². The van der Waals surface area contributed by atoms with Gasteiger partial charge in [-0.25, -0.2) is 0 Å². The number of rotatable bonds is 5. The monoisotopic (exact) mass is 358 g/mol. The fraction of sp³-hybridized carbons (Fsp3) is 0.174. The van der Waals surface area contributed by atoms with Gasteiger partial charge in [-0.3, -0.25) is 4.79 Å². The Morgan fingerprint density at radius 2 is 1.52 bits per heavy atom. The number of para-hydroxylation sites is 1. The molecule has 4 rings (SSSR count). The number of carbonyl (C=O) groups is 1. The van der Waals surface area contributed by atoms with Gasteiger partial charge < -0.3 is 15.4 Å². The van der Waals surface area contributed by atoms with Crippen LogP contribution in [0.25, 0.3) is 0 Å². The molecule has 3 aromatic rings. The van der Waals surface area contributed by atoms with E-state index in [2.05, 4.69) is 17.0 Å². The molecule has 1 saturated heterocycles. The van der Waals surface area contributed by atoms with E-state index in [4.69, 9.17) is 10.5 Å². The van der Waals surface area contributed by atoms with Crippen molar-refractivity contribution < 1.29 is 9.53 Å². The van der Waals surface area contributed by atoms with Crippen molar-refractivity contribution in [3.05, 3.63) is 90.5 Å². The third-order valence-electron chi connectivity index (χ3n) is 5.07. The predicted molar refractivity (Wildman–Crippen MR) is 107 cm³/mol. The fourth-order valence-corrected chi connectivity index (χ4v) is 3.71. The van der Waals surface area contributed by atoms with Gasteiger partial charge in [-0.05, 0) is 29.8 Å². The Bertz CT molecular complexity index is 912. The Hall–Kier alpha value is -3.27. The first kappa shape index (κ1) is 17.2. The number of primary amides is 1. The molecule has 4 nitrogen and oxygen atoms in total. The third-order valence-corrected chi connectivity index (χ3v) is 5.07. The molecule has 0 spiro atoms. The largest absolute Gasteiger partial charge is 0.457 e. The molecule has 1 aliphatic heterocycles. The van der Waals surface area contributed by atoms with Gasteiger partial charge in [0.1, 0.15) is 11.5 Å². The van der Waals surface area contributed by atoms with Crippen LogP contribution in [0, 0.1) is 5.92 Å². The minimum atomic E-state index is -0.247. The van der Waals surface area contributed by atoms with E-state index >= 15 is 0 Å². The number of nitrogens with two attached hydrogens (primary N) is 1. The molecule has 27 heavy (non-hydrogen) atoms. The number of hydrogen-bond acceptors (Lipinski definition) is 3. The summed E-state index contributed by atoms with van der Waals surface area (Å²) in [5, 5.41) is 0. The zero-order chi connectivity index (χ0) is 18.6. The smallest absolute Gasteiger partial charge is 0.223 e. The quantitative estimate of drug-likeness (QED) is 0.744. The maximum atomic E-state index is 12.0. The Kier molecular flexibility index (Phi) is 4.79. The number of benzene rings is 3. The summed E-state index contributed by atoms with van der Waals surface area (Å²) in [4.78, 5) is 14.3. The second-order valence-electron chi connectivity index (χ2n) is 6.84. The number of ether oxygens (including phenoxy) is 1. The molecular formula is C23H22N2O2. The average Bonchev–Trinajstić information content (AvgIpc) is 3.16. The lowest BCUT2D eigenvalue weighted by Gasteiger charge is -2.19. The summed E-state index contributed by atoms with van der Waals surface area (Å²) in [6.45, 7) is 1.37. The number of nitrogens with zero attached hydrogens (tertiary/aromatic N) is 1. The van der Waals surface area contributed by atoms with Crippen LogP contribution in [-0.4, -0.2) is 19.0 Å². The molecule has 2 unspecified atom stereocenters. The fourth-order valence-electron chi connectivity index (χ4n) is 3.71. The summed E-state index contributed by atoms with van der Waals surface area (Å²) in [7, 11) is 0. The first-order valence-electron chi connectivity index (χ1n) is 9.13. The SMILES string of the molecule is NC(=O)C1CN(c2cccc(Oc3ccccc3)c2)CC1c1ccccc1. The molecule has 0 aromatic heterocycles. The first-order valence-corrected chi connectivity index (χ1v) is 9.13. The average molecular weight is 358 g/mol. The molecule has 2 atom stereocenters. The van der Waals surface area contributed by atoms with Crippen LogP contribution in [0.5, 0.6) is 11.5 Å². The van der Waals surface area contributed by atoms with E-state index < -0.39 is 0 Å². The van der Waals surface area contributed by atoms with Crippen molar-refractivity contribution in [1.29, 1.82) is 0 Å². The molecule has 136 valence electrons. The van der Waals surface area contributed by atoms with Crippen LogP contribution in [0.4, 0.5) is 5.69 Å². The number of anilines is 1. The molecule has 2 N–H and O–H groups in total.